The molecular weight excluding hydrogens is 410 g/mol. The molecule has 6 heteroatoms. The van der Waals surface area contributed by atoms with Gasteiger partial charge in [0.05, 0.1) is 23.7 Å². The standard InChI is InChI=1S/C25H27NO4S/c1-2-9-21-15-14-20(16-25(21)30-18-24-17-29-24)19-31(27,28)26(22-10-5-3-6-11-22)23-12-7-4-8-13-23/h3-8,10-16,24H,2,9,17-19H2,1H3. The maximum atomic E-state index is 13.6. The Bertz CT molecular complexity index is 1060. The topological polar surface area (TPSA) is 59.1 Å². The summed E-state index contributed by atoms with van der Waals surface area (Å²) in [5.74, 6) is 0.621. The van der Waals surface area contributed by atoms with E-state index in [9.17, 15) is 8.42 Å². The van der Waals surface area contributed by atoms with Gasteiger partial charge in [-0.05, 0) is 47.9 Å². The van der Waals surface area contributed by atoms with Crippen LogP contribution in [-0.4, -0.2) is 27.7 Å². The second-order valence-corrected chi connectivity index (χ2v) is 9.47. The van der Waals surface area contributed by atoms with Gasteiger partial charge < -0.3 is 9.47 Å². The van der Waals surface area contributed by atoms with Gasteiger partial charge in [-0.3, -0.25) is 0 Å². The Morgan fingerprint density at radius 2 is 1.58 bits per heavy atom. The molecule has 0 aromatic heterocycles. The Hall–Kier alpha value is -2.83. The van der Waals surface area contributed by atoms with E-state index in [4.69, 9.17) is 9.47 Å². The zero-order valence-corrected chi connectivity index (χ0v) is 18.4. The SMILES string of the molecule is CCCc1ccc(CS(=O)(=O)N(c2ccccc2)c2ccccc2)cc1OCC1CO1. The molecule has 0 radical (unpaired) electrons. The van der Waals surface area contributed by atoms with Crippen LogP contribution in [0.2, 0.25) is 0 Å². The summed E-state index contributed by atoms with van der Waals surface area (Å²) in [6.45, 7) is 3.33. The van der Waals surface area contributed by atoms with E-state index < -0.39 is 10.0 Å². The van der Waals surface area contributed by atoms with Crippen LogP contribution >= 0.6 is 0 Å². The van der Waals surface area contributed by atoms with Crippen LogP contribution in [0.4, 0.5) is 11.4 Å². The Balaban J connectivity index is 1.64. The molecule has 1 fully saturated rings. The van der Waals surface area contributed by atoms with Gasteiger partial charge in [0.2, 0.25) is 10.0 Å². The zero-order chi connectivity index (χ0) is 21.7. The van der Waals surface area contributed by atoms with Crippen LogP contribution in [-0.2, 0) is 26.9 Å². The lowest BCUT2D eigenvalue weighted by atomic mass is 10.1. The summed E-state index contributed by atoms with van der Waals surface area (Å²) in [5.41, 5.74) is 3.01. The maximum absolute atomic E-state index is 13.6. The van der Waals surface area contributed by atoms with Gasteiger partial charge in [-0.25, -0.2) is 12.7 Å². The number of hydrogen-bond donors (Lipinski definition) is 0. The van der Waals surface area contributed by atoms with E-state index in [0.717, 1.165) is 30.8 Å². The normalized spacial score (nSPS) is 15.5. The molecule has 1 saturated heterocycles. The molecule has 0 amide bonds. The maximum Gasteiger partial charge on any atom is 0.243 e. The Morgan fingerprint density at radius 3 is 2.13 bits per heavy atom. The number of anilines is 2. The predicted octanol–water partition coefficient (Wildman–Crippen LogP) is 5.08. The molecule has 0 saturated carbocycles. The molecule has 0 N–H and O–H groups in total. The van der Waals surface area contributed by atoms with Crippen molar-refractivity contribution < 1.29 is 17.9 Å². The average molecular weight is 438 g/mol. The highest BCUT2D eigenvalue weighted by molar-refractivity contribution is 7.92. The molecule has 3 aromatic carbocycles. The predicted molar refractivity (Wildman–Crippen MR) is 123 cm³/mol. The van der Waals surface area contributed by atoms with E-state index in [-0.39, 0.29) is 11.9 Å². The third-order valence-electron chi connectivity index (χ3n) is 5.09. The highest BCUT2D eigenvalue weighted by Crippen LogP contribution is 2.31. The molecule has 3 aromatic rings. The highest BCUT2D eigenvalue weighted by Gasteiger charge is 2.26. The Labute approximate surface area is 184 Å². The first-order chi connectivity index (χ1) is 15.1. The number of hydrogen-bond acceptors (Lipinski definition) is 4. The van der Waals surface area contributed by atoms with Crippen LogP contribution in [0, 0.1) is 0 Å². The molecule has 0 spiro atoms. The molecule has 0 aliphatic carbocycles. The summed E-state index contributed by atoms with van der Waals surface area (Å²) in [6, 6.07) is 24.0. The van der Waals surface area contributed by atoms with Crippen LogP contribution < -0.4 is 9.04 Å². The first kappa shape index (κ1) is 21.4. The van der Waals surface area contributed by atoms with Crippen molar-refractivity contribution in [2.24, 2.45) is 0 Å². The lowest BCUT2D eigenvalue weighted by Crippen LogP contribution is -2.27. The van der Waals surface area contributed by atoms with Gasteiger partial charge in [0.15, 0.2) is 0 Å². The number of sulfonamides is 1. The second-order valence-electron chi connectivity index (χ2n) is 7.65. The summed E-state index contributed by atoms with van der Waals surface area (Å²) in [4.78, 5) is 0. The number of nitrogens with zero attached hydrogens (tertiary/aromatic N) is 1. The van der Waals surface area contributed by atoms with E-state index in [1.165, 1.54) is 4.31 Å². The quantitative estimate of drug-likeness (QED) is 0.415. The first-order valence-electron chi connectivity index (χ1n) is 10.6. The van der Waals surface area contributed by atoms with E-state index in [2.05, 4.69) is 6.92 Å². The van der Waals surface area contributed by atoms with Gasteiger partial charge in [0.25, 0.3) is 0 Å². The van der Waals surface area contributed by atoms with Crippen LogP contribution in [0.5, 0.6) is 5.75 Å². The summed E-state index contributed by atoms with van der Waals surface area (Å²) < 4.78 is 39.7. The van der Waals surface area contributed by atoms with E-state index in [1.807, 2.05) is 54.6 Å². The third kappa shape index (κ3) is 5.46. The molecule has 162 valence electrons. The van der Waals surface area contributed by atoms with Crippen molar-refractivity contribution in [1.82, 2.24) is 0 Å². The number of rotatable bonds is 10. The molecule has 4 rings (SSSR count). The highest BCUT2D eigenvalue weighted by atomic mass is 32.2. The summed E-state index contributed by atoms with van der Waals surface area (Å²) in [7, 11) is -3.69. The van der Waals surface area contributed by atoms with Crippen molar-refractivity contribution in [3.05, 3.63) is 90.0 Å². The van der Waals surface area contributed by atoms with Crippen LogP contribution in [0.15, 0.2) is 78.9 Å². The fourth-order valence-electron chi connectivity index (χ4n) is 3.52. The Kier molecular flexibility index (Phi) is 6.59. The van der Waals surface area contributed by atoms with Gasteiger partial charge in [-0.2, -0.15) is 0 Å². The largest absolute Gasteiger partial charge is 0.490 e. The molecular formula is C25H27NO4S. The number of benzene rings is 3. The van der Waals surface area contributed by atoms with Crippen molar-refractivity contribution in [2.45, 2.75) is 31.6 Å². The molecule has 1 aliphatic rings. The Morgan fingerprint density at radius 1 is 0.968 bits per heavy atom. The molecule has 1 unspecified atom stereocenters. The van der Waals surface area contributed by atoms with E-state index >= 15 is 0 Å². The van der Waals surface area contributed by atoms with Crippen molar-refractivity contribution >= 4 is 21.4 Å². The van der Waals surface area contributed by atoms with E-state index in [0.29, 0.717) is 23.5 Å². The summed E-state index contributed by atoms with van der Waals surface area (Å²) >= 11 is 0. The lowest BCUT2D eigenvalue weighted by Gasteiger charge is -2.25. The third-order valence-corrected chi connectivity index (χ3v) is 6.76. The minimum atomic E-state index is -3.69. The fourth-order valence-corrected chi connectivity index (χ4v) is 5.13. The minimum Gasteiger partial charge on any atom is -0.490 e. The smallest absolute Gasteiger partial charge is 0.243 e. The number of epoxide rings is 1. The van der Waals surface area contributed by atoms with E-state index in [1.54, 1.807) is 24.3 Å². The van der Waals surface area contributed by atoms with Crippen molar-refractivity contribution in [1.29, 1.82) is 0 Å². The van der Waals surface area contributed by atoms with Crippen molar-refractivity contribution in [3.63, 3.8) is 0 Å². The molecule has 1 aliphatic heterocycles. The summed E-state index contributed by atoms with van der Waals surface area (Å²) in [6.07, 6.45) is 2.02. The van der Waals surface area contributed by atoms with Gasteiger partial charge in [0, 0.05) is 0 Å². The average Bonchev–Trinajstić information content (AvgIpc) is 3.60. The number of para-hydroxylation sites is 2. The first-order valence-corrected chi connectivity index (χ1v) is 12.2. The van der Waals surface area contributed by atoms with Crippen molar-refractivity contribution in [3.8, 4) is 5.75 Å². The van der Waals surface area contributed by atoms with Crippen LogP contribution in [0.3, 0.4) is 0 Å². The van der Waals surface area contributed by atoms with Gasteiger partial charge in [-0.15, -0.1) is 0 Å². The second kappa shape index (κ2) is 9.54. The van der Waals surface area contributed by atoms with Crippen molar-refractivity contribution in [2.75, 3.05) is 17.5 Å². The molecule has 0 bridgehead atoms. The molecule has 31 heavy (non-hydrogen) atoms. The molecule has 1 heterocycles. The van der Waals surface area contributed by atoms with Crippen LogP contribution in [0.25, 0.3) is 0 Å². The number of ether oxygens (including phenoxy) is 2. The number of aryl methyl sites for hydroxylation is 1. The van der Waals surface area contributed by atoms with Crippen LogP contribution in [0.1, 0.15) is 24.5 Å². The summed E-state index contributed by atoms with van der Waals surface area (Å²) in [5, 5.41) is 0. The minimum absolute atomic E-state index is 0.126. The molecule has 5 nitrogen and oxygen atoms in total. The molecule has 1 atom stereocenters. The fraction of sp³-hybridized carbons (Fsp3) is 0.280. The van der Waals surface area contributed by atoms with Gasteiger partial charge >= 0.3 is 0 Å². The van der Waals surface area contributed by atoms with Gasteiger partial charge in [0.1, 0.15) is 18.5 Å². The lowest BCUT2D eigenvalue weighted by molar-refractivity contribution is 0.261. The zero-order valence-electron chi connectivity index (χ0n) is 17.6. The van der Waals surface area contributed by atoms with Gasteiger partial charge in [-0.1, -0.05) is 61.9 Å². The monoisotopic (exact) mass is 437 g/mol.